The van der Waals surface area contributed by atoms with Crippen molar-refractivity contribution in [3.8, 4) is 0 Å². The molecule has 1 fully saturated rings. The molecule has 1 aliphatic rings. The zero-order chi connectivity index (χ0) is 7.94. The summed E-state index contributed by atoms with van der Waals surface area (Å²) in [6.45, 7) is 1.45. The van der Waals surface area contributed by atoms with Crippen LogP contribution in [-0.2, 0) is 9.59 Å². The van der Waals surface area contributed by atoms with Crippen molar-refractivity contribution in [2.45, 2.75) is 13.3 Å². The molecule has 0 aromatic rings. The van der Waals surface area contributed by atoms with E-state index in [4.69, 9.17) is 10.2 Å². The molecule has 4 nitrogen and oxygen atoms in total. The van der Waals surface area contributed by atoms with Gasteiger partial charge in [-0.15, -0.1) is 0 Å². The van der Waals surface area contributed by atoms with E-state index in [0.717, 1.165) is 0 Å². The molecule has 4 heteroatoms. The molecule has 10 heavy (non-hydrogen) atoms. The van der Waals surface area contributed by atoms with Gasteiger partial charge in [-0.25, -0.2) is 0 Å². The number of aliphatic carboxylic acids is 2. The smallest absolute Gasteiger partial charge is 0.310 e. The van der Waals surface area contributed by atoms with Crippen molar-refractivity contribution in [1.82, 2.24) is 0 Å². The second kappa shape index (κ2) is 1.71. The van der Waals surface area contributed by atoms with Gasteiger partial charge in [0.05, 0.1) is 11.3 Å². The summed E-state index contributed by atoms with van der Waals surface area (Å²) in [5.41, 5.74) is -0.994. The largest absolute Gasteiger partial charge is 0.481 e. The maximum atomic E-state index is 10.3. The van der Waals surface area contributed by atoms with Gasteiger partial charge in [0.1, 0.15) is 0 Å². The van der Waals surface area contributed by atoms with Crippen molar-refractivity contribution >= 4 is 11.9 Å². The van der Waals surface area contributed by atoms with Crippen LogP contribution in [0.1, 0.15) is 13.3 Å². The Hall–Kier alpha value is -1.06. The van der Waals surface area contributed by atoms with Crippen LogP contribution in [0.15, 0.2) is 0 Å². The third-order valence-electron chi connectivity index (χ3n) is 2.02. The Kier molecular flexibility index (Phi) is 1.21. The molecule has 1 rings (SSSR count). The monoisotopic (exact) mass is 144 g/mol. The third-order valence-corrected chi connectivity index (χ3v) is 2.02. The van der Waals surface area contributed by atoms with Crippen molar-refractivity contribution < 1.29 is 19.8 Å². The van der Waals surface area contributed by atoms with Crippen LogP contribution >= 0.6 is 0 Å². The highest BCUT2D eigenvalue weighted by Crippen LogP contribution is 2.52. The normalized spacial score (nSPS) is 37.1. The molecule has 0 aromatic carbocycles. The average Bonchev–Trinajstić information content (AvgIpc) is 2.43. The molecular weight excluding hydrogens is 136 g/mol. The van der Waals surface area contributed by atoms with Crippen LogP contribution in [0.25, 0.3) is 0 Å². The van der Waals surface area contributed by atoms with E-state index in [-0.39, 0.29) is 6.42 Å². The molecule has 1 saturated carbocycles. The molecule has 0 radical (unpaired) electrons. The van der Waals surface area contributed by atoms with E-state index >= 15 is 0 Å². The van der Waals surface area contributed by atoms with Crippen LogP contribution < -0.4 is 0 Å². The number of hydrogen-bond donors (Lipinski definition) is 2. The zero-order valence-electron chi connectivity index (χ0n) is 5.50. The van der Waals surface area contributed by atoms with E-state index < -0.39 is 23.3 Å². The topological polar surface area (TPSA) is 74.6 Å². The molecule has 0 bridgehead atoms. The van der Waals surface area contributed by atoms with Crippen LogP contribution in [0.4, 0.5) is 0 Å². The van der Waals surface area contributed by atoms with E-state index in [1.54, 1.807) is 0 Å². The van der Waals surface area contributed by atoms with Crippen molar-refractivity contribution in [3.05, 3.63) is 0 Å². The fourth-order valence-corrected chi connectivity index (χ4v) is 0.961. The molecule has 0 amide bonds. The predicted octanol–water partition coefficient (Wildman–Crippen LogP) is 0.182. The highest BCUT2D eigenvalue weighted by molar-refractivity contribution is 5.88. The minimum Gasteiger partial charge on any atom is -0.481 e. The maximum Gasteiger partial charge on any atom is 0.310 e. The zero-order valence-corrected chi connectivity index (χ0v) is 5.50. The Labute approximate surface area is 57.5 Å². The van der Waals surface area contributed by atoms with Crippen LogP contribution in [0.3, 0.4) is 0 Å². The molecule has 0 spiro atoms. The molecule has 0 heterocycles. The summed E-state index contributed by atoms with van der Waals surface area (Å²) in [4.78, 5) is 20.6. The molecule has 0 saturated heterocycles. The Bertz CT molecular complexity index is 198. The highest BCUT2D eigenvalue weighted by Gasteiger charge is 2.60. The molecular formula is C6H8O4. The van der Waals surface area contributed by atoms with Crippen LogP contribution in [0.2, 0.25) is 0 Å². The molecule has 0 aromatic heterocycles. The first-order chi connectivity index (χ1) is 4.48. The molecule has 56 valence electrons. The summed E-state index contributed by atoms with van der Waals surface area (Å²) in [7, 11) is 0. The first-order valence-electron chi connectivity index (χ1n) is 2.94. The highest BCUT2D eigenvalue weighted by atomic mass is 16.4. The summed E-state index contributed by atoms with van der Waals surface area (Å²) < 4.78 is 0. The van der Waals surface area contributed by atoms with Crippen molar-refractivity contribution in [2.24, 2.45) is 11.3 Å². The molecule has 0 aliphatic heterocycles. The van der Waals surface area contributed by atoms with Gasteiger partial charge in [0.2, 0.25) is 0 Å². The Morgan fingerprint density at radius 3 is 2.10 bits per heavy atom. The summed E-state index contributed by atoms with van der Waals surface area (Å²) in [5.74, 6) is -2.70. The average molecular weight is 144 g/mol. The maximum absolute atomic E-state index is 10.3. The number of carbonyl (C=O) groups is 2. The molecule has 2 N–H and O–H groups in total. The third kappa shape index (κ3) is 0.761. The minimum atomic E-state index is -1.01. The number of hydrogen-bond acceptors (Lipinski definition) is 2. The van der Waals surface area contributed by atoms with E-state index in [2.05, 4.69) is 0 Å². The lowest BCUT2D eigenvalue weighted by atomic mass is 10.1. The number of carboxylic acids is 2. The quantitative estimate of drug-likeness (QED) is 0.579. The van der Waals surface area contributed by atoms with Crippen molar-refractivity contribution in [2.75, 3.05) is 0 Å². The number of rotatable bonds is 2. The van der Waals surface area contributed by atoms with Gasteiger partial charge in [-0.05, 0) is 13.3 Å². The molecule has 2 unspecified atom stereocenters. The van der Waals surface area contributed by atoms with E-state index in [0.29, 0.717) is 0 Å². The van der Waals surface area contributed by atoms with Gasteiger partial charge in [-0.1, -0.05) is 0 Å². The van der Waals surface area contributed by atoms with Gasteiger partial charge in [-0.3, -0.25) is 9.59 Å². The Morgan fingerprint density at radius 2 is 2.00 bits per heavy atom. The van der Waals surface area contributed by atoms with E-state index in [1.165, 1.54) is 6.92 Å². The summed E-state index contributed by atoms with van der Waals surface area (Å²) in [6, 6.07) is 0. The second-order valence-corrected chi connectivity index (χ2v) is 2.82. The Morgan fingerprint density at radius 1 is 1.50 bits per heavy atom. The van der Waals surface area contributed by atoms with Crippen LogP contribution in [-0.4, -0.2) is 22.2 Å². The van der Waals surface area contributed by atoms with Gasteiger partial charge in [-0.2, -0.15) is 0 Å². The minimum absolute atomic E-state index is 0.262. The van der Waals surface area contributed by atoms with E-state index in [9.17, 15) is 9.59 Å². The van der Waals surface area contributed by atoms with Gasteiger partial charge in [0.25, 0.3) is 0 Å². The molecule has 2 atom stereocenters. The van der Waals surface area contributed by atoms with Crippen molar-refractivity contribution in [3.63, 3.8) is 0 Å². The van der Waals surface area contributed by atoms with Crippen LogP contribution in [0.5, 0.6) is 0 Å². The van der Waals surface area contributed by atoms with Gasteiger partial charge < -0.3 is 10.2 Å². The summed E-state index contributed by atoms with van der Waals surface area (Å²) in [5, 5.41) is 16.8. The SMILES string of the molecule is CC1(C(=O)O)CC1C(=O)O. The lowest BCUT2D eigenvalue weighted by Gasteiger charge is -1.99. The summed E-state index contributed by atoms with van der Waals surface area (Å²) in [6.07, 6.45) is 0.262. The molecule has 1 aliphatic carbocycles. The first-order valence-corrected chi connectivity index (χ1v) is 2.94. The lowest BCUT2D eigenvalue weighted by molar-refractivity contribution is -0.148. The fraction of sp³-hybridized carbons (Fsp3) is 0.667. The second-order valence-electron chi connectivity index (χ2n) is 2.82. The fourth-order valence-electron chi connectivity index (χ4n) is 0.961. The lowest BCUT2D eigenvalue weighted by Crippen LogP contribution is -2.16. The summed E-state index contributed by atoms with van der Waals surface area (Å²) >= 11 is 0. The predicted molar refractivity (Wildman–Crippen MR) is 31.5 cm³/mol. The van der Waals surface area contributed by atoms with Gasteiger partial charge >= 0.3 is 11.9 Å². The van der Waals surface area contributed by atoms with Gasteiger partial charge in [0, 0.05) is 0 Å². The first kappa shape index (κ1) is 7.05. The Balaban J connectivity index is 2.65. The van der Waals surface area contributed by atoms with Crippen molar-refractivity contribution in [1.29, 1.82) is 0 Å². The van der Waals surface area contributed by atoms with Gasteiger partial charge in [0.15, 0.2) is 0 Å². The number of carboxylic acid groups (broad SMARTS) is 2. The van der Waals surface area contributed by atoms with E-state index in [1.807, 2.05) is 0 Å². The standard InChI is InChI=1S/C6H8O4/c1-6(5(9)10)2-3(6)4(7)8/h3H,2H2,1H3,(H,7,8)(H,9,10). The van der Waals surface area contributed by atoms with Crippen LogP contribution in [0, 0.1) is 11.3 Å².